The zero-order chi connectivity index (χ0) is 12.3. The van der Waals surface area contributed by atoms with E-state index >= 15 is 0 Å². The number of rotatable bonds is 4. The first-order valence-electron chi connectivity index (χ1n) is 5.84. The van der Waals surface area contributed by atoms with Crippen molar-refractivity contribution in [2.75, 3.05) is 11.4 Å². The highest BCUT2D eigenvalue weighted by Crippen LogP contribution is 2.27. The minimum Gasteiger partial charge on any atom is -0.368 e. The molecule has 0 unspecified atom stereocenters. The molecule has 0 spiro atoms. The van der Waals surface area contributed by atoms with Gasteiger partial charge in [-0.05, 0) is 25.0 Å². The van der Waals surface area contributed by atoms with Gasteiger partial charge in [-0.2, -0.15) is 0 Å². The van der Waals surface area contributed by atoms with Crippen molar-refractivity contribution < 1.29 is 4.79 Å². The van der Waals surface area contributed by atoms with Crippen molar-refractivity contribution in [2.24, 2.45) is 5.73 Å². The van der Waals surface area contributed by atoms with Crippen LogP contribution in [0.1, 0.15) is 25.7 Å². The third kappa shape index (κ3) is 3.09. The summed E-state index contributed by atoms with van der Waals surface area (Å²) in [6.07, 6.45) is 4.56. The van der Waals surface area contributed by atoms with Crippen molar-refractivity contribution in [3.05, 3.63) is 23.4 Å². The Bertz CT molecular complexity index is 404. The van der Waals surface area contributed by atoms with Crippen molar-refractivity contribution >= 4 is 23.3 Å². The minimum atomic E-state index is -0.335. The number of carbonyl (C=O) groups excluding carboxylic acids is 1. The van der Waals surface area contributed by atoms with Gasteiger partial charge in [-0.15, -0.1) is 0 Å². The Labute approximate surface area is 106 Å². The predicted octanol–water partition coefficient (Wildman–Crippen LogP) is 1.97. The number of nitrogens with two attached hydrogens (primary N) is 1. The molecule has 1 aliphatic carbocycles. The maximum Gasteiger partial charge on any atom is 0.237 e. The predicted molar refractivity (Wildman–Crippen MR) is 68.0 cm³/mol. The van der Waals surface area contributed by atoms with Crippen molar-refractivity contribution in [1.82, 2.24) is 4.98 Å². The van der Waals surface area contributed by atoms with Gasteiger partial charge in [-0.1, -0.05) is 30.5 Å². The van der Waals surface area contributed by atoms with E-state index in [0.29, 0.717) is 11.2 Å². The summed E-state index contributed by atoms with van der Waals surface area (Å²) in [7, 11) is 0. The molecule has 1 aliphatic rings. The molecule has 1 heterocycles. The van der Waals surface area contributed by atoms with Crippen molar-refractivity contribution in [3.8, 4) is 0 Å². The smallest absolute Gasteiger partial charge is 0.237 e. The van der Waals surface area contributed by atoms with Gasteiger partial charge in [0.1, 0.15) is 11.0 Å². The van der Waals surface area contributed by atoms with E-state index < -0.39 is 0 Å². The summed E-state index contributed by atoms with van der Waals surface area (Å²) < 4.78 is 0. The molecule has 0 radical (unpaired) electrons. The van der Waals surface area contributed by atoms with Crippen molar-refractivity contribution in [1.29, 1.82) is 0 Å². The molecule has 0 aromatic carbocycles. The van der Waals surface area contributed by atoms with E-state index in [1.165, 1.54) is 12.8 Å². The number of halogens is 1. The van der Waals surface area contributed by atoms with Gasteiger partial charge >= 0.3 is 0 Å². The van der Waals surface area contributed by atoms with E-state index in [0.717, 1.165) is 18.7 Å². The zero-order valence-electron chi connectivity index (χ0n) is 9.60. The number of hydrogen-bond acceptors (Lipinski definition) is 3. The number of hydrogen-bond donors (Lipinski definition) is 1. The molecule has 0 bridgehead atoms. The fourth-order valence-electron chi connectivity index (χ4n) is 2.34. The number of carbonyl (C=O) groups is 1. The largest absolute Gasteiger partial charge is 0.368 e. The summed E-state index contributed by atoms with van der Waals surface area (Å²) in [5, 5.41) is 0.440. The van der Waals surface area contributed by atoms with E-state index in [9.17, 15) is 4.79 Å². The zero-order valence-corrected chi connectivity index (χ0v) is 10.4. The second-order valence-electron chi connectivity index (χ2n) is 4.35. The van der Waals surface area contributed by atoms with Crippen LogP contribution in [0.2, 0.25) is 5.15 Å². The van der Waals surface area contributed by atoms with Gasteiger partial charge in [0.05, 0.1) is 6.54 Å². The Hall–Kier alpha value is -1.29. The number of aromatic nitrogens is 1. The fraction of sp³-hybridized carbons (Fsp3) is 0.500. The number of amides is 1. The molecule has 0 saturated heterocycles. The Kier molecular flexibility index (Phi) is 3.84. The van der Waals surface area contributed by atoms with Gasteiger partial charge < -0.3 is 10.6 Å². The Morgan fingerprint density at radius 2 is 2.18 bits per heavy atom. The van der Waals surface area contributed by atoms with Crippen LogP contribution in [-0.4, -0.2) is 23.5 Å². The molecule has 5 heteroatoms. The number of primary amides is 1. The van der Waals surface area contributed by atoms with Crippen molar-refractivity contribution in [3.63, 3.8) is 0 Å². The first-order valence-corrected chi connectivity index (χ1v) is 6.22. The lowest BCUT2D eigenvalue weighted by Crippen LogP contribution is -2.40. The lowest BCUT2D eigenvalue weighted by molar-refractivity contribution is -0.116. The number of nitrogens with zero attached hydrogens (tertiary/aromatic N) is 2. The number of pyridine rings is 1. The Morgan fingerprint density at radius 1 is 1.47 bits per heavy atom. The third-order valence-corrected chi connectivity index (χ3v) is 3.30. The summed E-state index contributed by atoms with van der Waals surface area (Å²) in [4.78, 5) is 17.4. The Balaban J connectivity index is 2.22. The molecule has 17 heavy (non-hydrogen) atoms. The second kappa shape index (κ2) is 5.36. The molecular formula is C12H16ClN3O. The Morgan fingerprint density at radius 3 is 2.76 bits per heavy atom. The van der Waals surface area contributed by atoms with Gasteiger partial charge in [0.15, 0.2) is 0 Å². The molecule has 1 fully saturated rings. The van der Waals surface area contributed by atoms with E-state index in [4.69, 9.17) is 17.3 Å². The van der Waals surface area contributed by atoms with E-state index in [2.05, 4.69) is 4.98 Å². The van der Waals surface area contributed by atoms with Crippen LogP contribution in [0.3, 0.4) is 0 Å². The van der Waals surface area contributed by atoms with E-state index in [1.54, 1.807) is 6.07 Å². The van der Waals surface area contributed by atoms with Crippen LogP contribution in [-0.2, 0) is 4.79 Å². The molecule has 1 saturated carbocycles. The molecule has 1 aromatic rings. The van der Waals surface area contributed by atoms with Gasteiger partial charge in [-0.25, -0.2) is 4.98 Å². The van der Waals surface area contributed by atoms with Gasteiger partial charge in [0.25, 0.3) is 0 Å². The molecule has 2 N–H and O–H groups in total. The summed E-state index contributed by atoms with van der Waals surface area (Å²) in [5.74, 6) is 0.405. The maximum atomic E-state index is 11.1. The first-order chi connectivity index (χ1) is 8.16. The van der Waals surface area contributed by atoms with Crippen LogP contribution >= 0.6 is 11.6 Å². The van der Waals surface area contributed by atoms with E-state index in [1.807, 2.05) is 17.0 Å². The normalized spacial score (nSPS) is 16.1. The van der Waals surface area contributed by atoms with Gasteiger partial charge in [0, 0.05) is 6.04 Å². The molecule has 2 rings (SSSR count). The maximum absolute atomic E-state index is 11.1. The van der Waals surface area contributed by atoms with Crippen molar-refractivity contribution in [2.45, 2.75) is 31.7 Å². The third-order valence-electron chi connectivity index (χ3n) is 3.09. The highest BCUT2D eigenvalue weighted by Gasteiger charge is 2.24. The summed E-state index contributed by atoms with van der Waals surface area (Å²) in [6, 6.07) is 5.79. The average Bonchev–Trinajstić information content (AvgIpc) is 2.79. The summed E-state index contributed by atoms with van der Waals surface area (Å²) in [5.41, 5.74) is 5.29. The topological polar surface area (TPSA) is 59.2 Å². The summed E-state index contributed by atoms with van der Waals surface area (Å²) >= 11 is 5.88. The van der Waals surface area contributed by atoms with Crippen LogP contribution < -0.4 is 10.6 Å². The minimum absolute atomic E-state index is 0.206. The molecule has 92 valence electrons. The van der Waals surface area contributed by atoms with Gasteiger partial charge in [-0.3, -0.25) is 4.79 Å². The van der Waals surface area contributed by atoms with Crippen LogP contribution in [0.25, 0.3) is 0 Å². The quantitative estimate of drug-likeness (QED) is 0.835. The molecule has 0 atom stereocenters. The monoisotopic (exact) mass is 253 g/mol. The van der Waals surface area contributed by atoms with Crippen LogP contribution in [0, 0.1) is 0 Å². The van der Waals surface area contributed by atoms with Crippen LogP contribution in [0.15, 0.2) is 18.2 Å². The van der Waals surface area contributed by atoms with Crippen LogP contribution in [0.4, 0.5) is 5.82 Å². The SMILES string of the molecule is NC(=O)CN(c1cccc(Cl)n1)C1CCCC1. The second-order valence-corrected chi connectivity index (χ2v) is 4.74. The lowest BCUT2D eigenvalue weighted by Gasteiger charge is -2.28. The average molecular weight is 254 g/mol. The molecule has 0 aliphatic heterocycles. The fourth-order valence-corrected chi connectivity index (χ4v) is 2.50. The molecular weight excluding hydrogens is 238 g/mol. The molecule has 1 amide bonds. The highest BCUT2D eigenvalue weighted by molar-refractivity contribution is 6.29. The number of anilines is 1. The molecule has 4 nitrogen and oxygen atoms in total. The van der Waals surface area contributed by atoms with Gasteiger partial charge in [0.2, 0.25) is 5.91 Å². The first kappa shape index (κ1) is 12.2. The standard InChI is InChI=1S/C12H16ClN3O/c13-10-6-3-7-12(15-10)16(8-11(14)17)9-4-1-2-5-9/h3,6-7,9H,1-2,4-5,8H2,(H2,14,17). The summed E-state index contributed by atoms with van der Waals surface area (Å²) in [6.45, 7) is 0.206. The van der Waals surface area contributed by atoms with E-state index in [-0.39, 0.29) is 12.5 Å². The lowest BCUT2D eigenvalue weighted by atomic mass is 10.2. The van der Waals surface area contributed by atoms with Crippen LogP contribution in [0.5, 0.6) is 0 Å². The molecule has 1 aromatic heterocycles. The highest BCUT2D eigenvalue weighted by atomic mass is 35.5.